The van der Waals surface area contributed by atoms with E-state index in [2.05, 4.69) is 9.72 Å². The van der Waals surface area contributed by atoms with Gasteiger partial charge < -0.3 is 25.0 Å². The Morgan fingerprint density at radius 2 is 2.27 bits per heavy atom. The van der Waals surface area contributed by atoms with Gasteiger partial charge in [-0.15, -0.1) is 0 Å². The van der Waals surface area contributed by atoms with E-state index in [9.17, 15) is 9.90 Å². The minimum atomic E-state index is -1.27. The molecule has 15 heavy (non-hydrogen) atoms. The monoisotopic (exact) mass is 215 g/mol. The zero-order chi connectivity index (χ0) is 11.4. The minimum Gasteiger partial charge on any atom is -0.464 e. The first-order chi connectivity index (χ1) is 7.10. The maximum absolute atomic E-state index is 11.0. The molecule has 0 radical (unpaired) electrons. The summed E-state index contributed by atoms with van der Waals surface area (Å²) >= 11 is 0. The first-order valence-corrected chi connectivity index (χ1v) is 4.33. The second kappa shape index (κ2) is 4.92. The molecule has 0 aromatic carbocycles. The van der Waals surface area contributed by atoms with Crippen LogP contribution in [0.2, 0.25) is 0 Å². The number of aliphatic hydroxyl groups is 3. The van der Waals surface area contributed by atoms with Crippen molar-refractivity contribution in [2.24, 2.45) is 0 Å². The van der Waals surface area contributed by atoms with Crippen molar-refractivity contribution in [2.45, 2.75) is 12.2 Å². The number of rotatable bonds is 4. The van der Waals surface area contributed by atoms with Crippen LogP contribution in [0.1, 0.15) is 22.2 Å². The summed E-state index contributed by atoms with van der Waals surface area (Å²) in [5.41, 5.74) is 0.494. The molecule has 0 aliphatic carbocycles. The van der Waals surface area contributed by atoms with Crippen molar-refractivity contribution in [3.63, 3.8) is 0 Å². The molecule has 0 aliphatic heterocycles. The van der Waals surface area contributed by atoms with Crippen molar-refractivity contribution in [3.8, 4) is 0 Å². The van der Waals surface area contributed by atoms with Crippen LogP contribution in [0, 0.1) is 0 Å². The Hall–Kier alpha value is -1.37. The van der Waals surface area contributed by atoms with Gasteiger partial charge in [0, 0.05) is 11.8 Å². The summed E-state index contributed by atoms with van der Waals surface area (Å²) < 4.78 is 4.45. The van der Waals surface area contributed by atoms with Gasteiger partial charge in [-0.3, -0.25) is 0 Å². The second-order valence-corrected chi connectivity index (χ2v) is 3.03. The number of aromatic amines is 1. The number of nitrogens with one attached hydrogen (secondary N) is 1. The van der Waals surface area contributed by atoms with Crippen LogP contribution in [-0.2, 0) is 4.74 Å². The molecule has 0 aliphatic rings. The topological polar surface area (TPSA) is 103 Å². The van der Waals surface area contributed by atoms with E-state index in [1.165, 1.54) is 19.4 Å². The number of H-pyrrole nitrogens is 1. The molecular formula is C9H13NO5. The van der Waals surface area contributed by atoms with Crippen LogP contribution < -0.4 is 0 Å². The lowest BCUT2D eigenvalue weighted by atomic mass is 10.1. The third-order valence-electron chi connectivity index (χ3n) is 2.00. The van der Waals surface area contributed by atoms with Crippen molar-refractivity contribution in [2.75, 3.05) is 13.7 Å². The Morgan fingerprint density at radius 1 is 1.60 bits per heavy atom. The summed E-state index contributed by atoms with van der Waals surface area (Å²) in [4.78, 5) is 13.6. The minimum absolute atomic E-state index is 0.177. The largest absolute Gasteiger partial charge is 0.464 e. The summed E-state index contributed by atoms with van der Waals surface area (Å²) in [6, 6.07) is 1.36. The van der Waals surface area contributed by atoms with Crippen LogP contribution in [0.3, 0.4) is 0 Å². The molecule has 0 amide bonds. The molecule has 2 unspecified atom stereocenters. The van der Waals surface area contributed by atoms with Gasteiger partial charge in [-0.1, -0.05) is 0 Å². The van der Waals surface area contributed by atoms with Crippen molar-refractivity contribution in [1.82, 2.24) is 4.98 Å². The normalized spacial score (nSPS) is 14.7. The van der Waals surface area contributed by atoms with Crippen LogP contribution in [0.4, 0.5) is 0 Å². The number of hydrogen-bond acceptors (Lipinski definition) is 5. The van der Waals surface area contributed by atoms with E-state index in [0.29, 0.717) is 5.56 Å². The van der Waals surface area contributed by atoms with Crippen LogP contribution in [0.15, 0.2) is 12.3 Å². The molecule has 1 rings (SSSR count). The Kier molecular flexibility index (Phi) is 3.84. The maximum atomic E-state index is 11.0. The van der Waals surface area contributed by atoms with Crippen LogP contribution in [0.25, 0.3) is 0 Å². The maximum Gasteiger partial charge on any atom is 0.354 e. The molecule has 0 fully saturated rings. The van der Waals surface area contributed by atoms with Gasteiger partial charge in [0.15, 0.2) is 0 Å². The lowest BCUT2D eigenvalue weighted by Gasteiger charge is -2.13. The van der Waals surface area contributed by atoms with Crippen LogP contribution >= 0.6 is 0 Å². The van der Waals surface area contributed by atoms with Crippen molar-refractivity contribution >= 4 is 5.97 Å². The molecule has 6 heteroatoms. The summed E-state index contributed by atoms with van der Waals surface area (Å²) in [5.74, 6) is -0.563. The first-order valence-electron chi connectivity index (χ1n) is 4.33. The van der Waals surface area contributed by atoms with Crippen molar-refractivity contribution < 1.29 is 24.9 Å². The number of aromatic nitrogens is 1. The van der Waals surface area contributed by atoms with Gasteiger partial charge in [-0.05, 0) is 6.07 Å². The third kappa shape index (κ3) is 2.56. The Labute approximate surface area is 86.1 Å². The zero-order valence-corrected chi connectivity index (χ0v) is 8.17. The van der Waals surface area contributed by atoms with Crippen molar-refractivity contribution in [1.29, 1.82) is 0 Å². The van der Waals surface area contributed by atoms with E-state index in [1.807, 2.05) is 0 Å². The average Bonchev–Trinajstić information content (AvgIpc) is 2.75. The third-order valence-corrected chi connectivity index (χ3v) is 2.00. The lowest BCUT2D eigenvalue weighted by molar-refractivity contribution is -0.0152. The molecule has 4 N–H and O–H groups in total. The molecule has 84 valence electrons. The van der Waals surface area contributed by atoms with Gasteiger partial charge in [-0.25, -0.2) is 4.79 Å². The average molecular weight is 215 g/mol. The van der Waals surface area contributed by atoms with E-state index >= 15 is 0 Å². The predicted octanol–water partition coefficient (Wildman–Crippen LogP) is -0.812. The van der Waals surface area contributed by atoms with Gasteiger partial charge in [0.1, 0.15) is 17.9 Å². The summed E-state index contributed by atoms with van der Waals surface area (Å²) in [6.07, 6.45) is -1.13. The fourth-order valence-corrected chi connectivity index (χ4v) is 1.13. The highest BCUT2D eigenvalue weighted by Crippen LogP contribution is 2.17. The molecule has 1 aromatic rings. The number of aliphatic hydroxyl groups excluding tert-OH is 3. The van der Waals surface area contributed by atoms with E-state index in [4.69, 9.17) is 10.2 Å². The number of esters is 1. The molecule has 2 atom stereocenters. The molecule has 1 heterocycles. The number of ether oxygens (including phenoxy) is 1. The quantitative estimate of drug-likeness (QED) is 0.492. The second-order valence-electron chi connectivity index (χ2n) is 3.03. The predicted molar refractivity (Wildman–Crippen MR) is 50.2 cm³/mol. The summed E-state index contributed by atoms with van der Waals surface area (Å²) in [5, 5.41) is 27.2. The van der Waals surface area contributed by atoms with E-state index in [-0.39, 0.29) is 5.69 Å². The van der Waals surface area contributed by atoms with Gasteiger partial charge in [0.25, 0.3) is 0 Å². The van der Waals surface area contributed by atoms with Crippen LogP contribution in [0.5, 0.6) is 0 Å². The summed E-state index contributed by atoms with van der Waals surface area (Å²) in [6.45, 7) is -0.556. The molecular weight excluding hydrogens is 202 g/mol. The Bertz CT molecular complexity index is 335. The molecule has 6 nitrogen and oxygen atoms in total. The Balaban J connectivity index is 2.79. The zero-order valence-electron chi connectivity index (χ0n) is 8.17. The fourth-order valence-electron chi connectivity index (χ4n) is 1.13. The standard InChI is InChI=1S/C9H13NO5/c1-15-9(14)6-2-5(3-10-6)8(13)7(12)4-11/h2-3,7-8,10-13H,4H2,1H3. The fraction of sp³-hybridized carbons (Fsp3) is 0.444. The SMILES string of the molecule is COC(=O)c1cc(C(O)C(O)CO)c[nH]1. The molecule has 0 bridgehead atoms. The highest BCUT2D eigenvalue weighted by Gasteiger charge is 2.20. The van der Waals surface area contributed by atoms with Gasteiger partial charge in [0.05, 0.1) is 13.7 Å². The number of carbonyl (C=O) groups excluding carboxylic acids is 1. The van der Waals surface area contributed by atoms with Gasteiger partial charge in [0.2, 0.25) is 0 Å². The molecule has 0 saturated carbocycles. The van der Waals surface area contributed by atoms with E-state index < -0.39 is 24.8 Å². The Morgan fingerprint density at radius 3 is 2.80 bits per heavy atom. The highest BCUT2D eigenvalue weighted by molar-refractivity contribution is 5.87. The van der Waals surface area contributed by atoms with Crippen LogP contribution in [-0.4, -0.2) is 46.1 Å². The molecule has 1 aromatic heterocycles. The first kappa shape index (κ1) is 11.7. The highest BCUT2D eigenvalue weighted by atomic mass is 16.5. The van der Waals surface area contributed by atoms with Crippen molar-refractivity contribution in [3.05, 3.63) is 23.5 Å². The summed E-state index contributed by atoms with van der Waals surface area (Å²) in [7, 11) is 1.24. The van der Waals surface area contributed by atoms with Gasteiger partial charge >= 0.3 is 5.97 Å². The number of methoxy groups -OCH3 is 1. The van der Waals surface area contributed by atoms with E-state index in [1.54, 1.807) is 0 Å². The molecule has 0 spiro atoms. The lowest BCUT2D eigenvalue weighted by Crippen LogP contribution is -2.21. The number of hydrogen-bond donors (Lipinski definition) is 4. The smallest absolute Gasteiger partial charge is 0.354 e. The molecule has 0 saturated heterocycles. The van der Waals surface area contributed by atoms with E-state index in [0.717, 1.165) is 0 Å². The van der Waals surface area contributed by atoms with Gasteiger partial charge in [-0.2, -0.15) is 0 Å². The number of carbonyl (C=O) groups is 1.